The molecule has 1 aromatic heterocycles. The van der Waals surface area contributed by atoms with Crippen LogP contribution in [-0.4, -0.2) is 33.9 Å². The molecule has 0 bridgehead atoms. The number of rotatable bonds is 4. The van der Waals surface area contributed by atoms with Gasteiger partial charge in [0, 0.05) is 22.6 Å². The molecule has 2 aromatic rings. The van der Waals surface area contributed by atoms with E-state index in [-0.39, 0.29) is 17.8 Å². The van der Waals surface area contributed by atoms with Gasteiger partial charge in [0.25, 0.3) is 5.91 Å². The Labute approximate surface area is 176 Å². The molecular formula is C23H28N4O3. The molecule has 0 spiro atoms. The lowest BCUT2D eigenvalue weighted by molar-refractivity contribution is -0.127. The van der Waals surface area contributed by atoms with Gasteiger partial charge in [-0.05, 0) is 76.9 Å². The van der Waals surface area contributed by atoms with Gasteiger partial charge < -0.3 is 15.2 Å². The molecule has 0 unspecified atom stereocenters. The zero-order valence-corrected chi connectivity index (χ0v) is 18.3. The van der Waals surface area contributed by atoms with Gasteiger partial charge in [0.15, 0.2) is 0 Å². The number of urea groups is 1. The Morgan fingerprint density at radius 1 is 1.13 bits per heavy atom. The van der Waals surface area contributed by atoms with E-state index in [4.69, 9.17) is 0 Å². The maximum atomic E-state index is 12.7. The standard InChI is InChI=1S/C23H28N4O3/c1-14-8-7-9-18(10-14)24-20(28)13-26-21(29)19(25-22(26)30)12-17-11-15(2)27(16(17)3)23(4,5)6/h7-12H,13H2,1-6H3,(H,24,28)(H,25,30)/b19-12+. The minimum atomic E-state index is -0.602. The molecule has 2 N–H and O–H groups in total. The Hall–Kier alpha value is -3.35. The highest BCUT2D eigenvalue weighted by molar-refractivity contribution is 6.16. The highest BCUT2D eigenvalue weighted by atomic mass is 16.2. The van der Waals surface area contributed by atoms with Gasteiger partial charge in [-0.25, -0.2) is 9.69 Å². The van der Waals surface area contributed by atoms with Crippen LogP contribution < -0.4 is 10.6 Å². The molecule has 0 saturated carbocycles. The van der Waals surface area contributed by atoms with Gasteiger partial charge in [-0.3, -0.25) is 9.59 Å². The fourth-order valence-electron chi connectivity index (χ4n) is 3.90. The molecule has 1 fully saturated rings. The molecule has 4 amide bonds. The number of hydrogen-bond donors (Lipinski definition) is 2. The van der Waals surface area contributed by atoms with Crippen molar-refractivity contribution in [3.05, 3.63) is 58.5 Å². The number of imide groups is 1. The smallest absolute Gasteiger partial charge is 0.329 e. The van der Waals surface area contributed by atoms with Gasteiger partial charge in [-0.2, -0.15) is 0 Å². The third-order valence-electron chi connectivity index (χ3n) is 5.01. The molecular weight excluding hydrogens is 380 g/mol. The van der Waals surface area contributed by atoms with Crippen molar-refractivity contribution in [1.82, 2.24) is 14.8 Å². The molecule has 0 aliphatic carbocycles. The third-order valence-corrected chi connectivity index (χ3v) is 5.01. The molecule has 7 heteroatoms. The van der Waals surface area contributed by atoms with Crippen molar-refractivity contribution in [2.45, 2.75) is 47.1 Å². The Morgan fingerprint density at radius 3 is 2.43 bits per heavy atom. The second-order valence-corrected chi connectivity index (χ2v) is 8.63. The normalized spacial score (nSPS) is 15.7. The Bertz CT molecular complexity index is 1060. The van der Waals surface area contributed by atoms with Crippen molar-refractivity contribution < 1.29 is 14.4 Å². The molecule has 1 aliphatic heterocycles. The van der Waals surface area contributed by atoms with E-state index in [1.54, 1.807) is 12.1 Å². The predicted molar refractivity (Wildman–Crippen MR) is 117 cm³/mol. The number of nitrogens with one attached hydrogen (secondary N) is 2. The van der Waals surface area contributed by atoms with Crippen molar-refractivity contribution in [3.63, 3.8) is 0 Å². The fourth-order valence-corrected chi connectivity index (χ4v) is 3.90. The van der Waals surface area contributed by atoms with Gasteiger partial charge >= 0.3 is 6.03 Å². The minimum Gasteiger partial charge on any atom is -0.343 e. The number of nitrogens with zero attached hydrogens (tertiary/aromatic N) is 2. The summed E-state index contributed by atoms with van der Waals surface area (Å²) in [6, 6.07) is 8.71. The van der Waals surface area contributed by atoms with Crippen LogP contribution in [0, 0.1) is 20.8 Å². The number of carbonyl (C=O) groups excluding carboxylic acids is 3. The number of anilines is 1. The quantitative estimate of drug-likeness (QED) is 0.598. The first kappa shape index (κ1) is 21.4. The maximum absolute atomic E-state index is 12.7. The van der Waals surface area contributed by atoms with E-state index in [9.17, 15) is 14.4 Å². The van der Waals surface area contributed by atoms with Crippen LogP contribution in [0.3, 0.4) is 0 Å². The third kappa shape index (κ3) is 4.30. The summed E-state index contributed by atoms with van der Waals surface area (Å²) in [5, 5.41) is 5.30. The van der Waals surface area contributed by atoms with Gasteiger partial charge in [0.05, 0.1) is 0 Å². The van der Waals surface area contributed by atoms with E-state index in [0.29, 0.717) is 5.69 Å². The average Bonchev–Trinajstić information content (AvgIpc) is 3.04. The highest BCUT2D eigenvalue weighted by Crippen LogP contribution is 2.26. The molecule has 158 valence electrons. The summed E-state index contributed by atoms with van der Waals surface area (Å²) in [7, 11) is 0. The Morgan fingerprint density at radius 2 is 1.83 bits per heavy atom. The zero-order valence-electron chi connectivity index (χ0n) is 18.3. The molecule has 0 atom stereocenters. The van der Waals surface area contributed by atoms with E-state index < -0.39 is 17.8 Å². The first-order chi connectivity index (χ1) is 14.0. The molecule has 3 rings (SSSR count). The summed E-state index contributed by atoms with van der Waals surface area (Å²) in [5.74, 6) is -0.948. The van der Waals surface area contributed by atoms with E-state index in [1.165, 1.54) is 0 Å². The molecule has 2 heterocycles. The lowest BCUT2D eigenvalue weighted by Crippen LogP contribution is -2.38. The maximum Gasteiger partial charge on any atom is 0.329 e. The minimum absolute atomic E-state index is 0.103. The van der Waals surface area contributed by atoms with E-state index >= 15 is 0 Å². The summed E-state index contributed by atoms with van der Waals surface area (Å²) >= 11 is 0. The summed E-state index contributed by atoms with van der Waals surface area (Å²) in [5.41, 5.74) is 4.62. The zero-order chi connectivity index (χ0) is 22.2. The number of aromatic nitrogens is 1. The number of carbonyl (C=O) groups is 3. The number of hydrogen-bond acceptors (Lipinski definition) is 3. The largest absolute Gasteiger partial charge is 0.343 e. The molecule has 0 radical (unpaired) electrons. The molecule has 1 aromatic carbocycles. The molecule has 7 nitrogen and oxygen atoms in total. The van der Waals surface area contributed by atoms with Gasteiger partial charge in [-0.1, -0.05) is 12.1 Å². The van der Waals surface area contributed by atoms with Crippen molar-refractivity contribution >= 4 is 29.6 Å². The fraction of sp³-hybridized carbons (Fsp3) is 0.348. The molecule has 30 heavy (non-hydrogen) atoms. The first-order valence-electron chi connectivity index (χ1n) is 9.88. The topological polar surface area (TPSA) is 83.4 Å². The van der Waals surface area contributed by atoms with Crippen LogP contribution in [0.1, 0.15) is 43.3 Å². The number of aryl methyl sites for hydroxylation is 2. The van der Waals surface area contributed by atoms with Gasteiger partial charge in [0.1, 0.15) is 12.2 Å². The lowest BCUT2D eigenvalue weighted by Gasteiger charge is -2.25. The molecule has 1 saturated heterocycles. The van der Waals surface area contributed by atoms with Crippen LogP contribution in [0.2, 0.25) is 0 Å². The van der Waals surface area contributed by atoms with E-state index in [2.05, 4.69) is 36.0 Å². The lowest BCUT2D eigenvalue weighted by atomic mass is 10.1. The summed E-state index contributed by atoms with van der Waals surface area (Å²) in [4.78, 5) is 38.3. The van der Waals surface area contributed by atoms with Gasteiger partial charge in [0.2, 0.25) is 5.91 Å². The van der Waals surface area contributed by atoms with Crippen LogP contribution in [-0.2, 0) is 15.1 Å². The Kier molecular flexibility index (Phi) is 5.57. The van der Waals surface area contributed by atoms with Crippen molar-refractivity contribution in [2.24, 2.45) is 0 Å². The van der Waals surface area contributed by atoms with Crippen molar-refractivity contribution in [3.8, 4) is 0 Å². The number of benzene rings is 1. The summed E-state index contributed by atoms with van der Waals surface area (Å²) in [6.07, 6.45) is 1.67. The summed E-state index contributed by atoms with van der Waals surface area (Å²) < 4.78 is 2.19. The monoisotopic (exact) mass is 408 g/mol. The first-order valence-corrected chi connectivity index (χ1v) is 9.88. The van der Waals surface area contributed by atoms with Crippen molar-refractivity contribution in [1.29, 1.82) is 0 Å². The van der Waals surface area contributed by atoms with Crippen LogP contribution in [0.5, 0.6) is 0 Å². The SMILES string of the molecule is Cc1cccc(NC(=O)CN2C(=O)N/C(=C/c3cc(C)n(C(C)(C)C)c3C)C2=O)c1. The van der Waals surface area contributed by atoms with Crippen LogP contribution in [0.15, 0.2) is 36.0 Å². The second-order valence-electron chi connectivity index (χ2n) is 8.63. The van der Waals surface area contributed by atoms with Crippen LogP contribution >= 0.6 is 0 Å². The second kappa shape index (κ2) is 7.82. The predicted octanol–water partition coefficient (Wildman–Crippen LogP) is 3.70. The molecule has 1 aliphatic rings. The highest BCUT2D eigenvalue weighted by Gasteiger charge is 2.35. The summed E-state index contributed by atoms with van der Waals surface area (Å²) in [6.45, 7) is 11.9. The van der Waals surface area contributed by atoms with E-state index in [1.807, 2.05) is 45.0 Å². The average molecular weight is 409 g/mol. The Balaban J connectivity index is 1.77. The van der Waals surface area contributed by atoms with Gasteiger partial charge in [-0.15, -0.1) is 0 Å². The number of amides is 4. The van der Waals surface area contributed by atoms with Crippen LogP contribution in [0.4, 0.5) is 10.5 Å². The van der Waals surface area contributed by atoms with Crippen LogP contribution in [0.25, 0.3) is 6.08 Å². The van der Waals surface area contributed by atoms with Crippen molar-refractivity contribution in [2.75, 3.05) is 11.9 Å². The van der Waals surface area contributed by atoms with E-state index in [0.717, 1.165) is 27.4 Å².